The van der Waals surface area contributed by atoms with Crippen LogP contribution >= 0.6 is 7.82 Å². The second-order valence-corrected chi connectivity index (χ2v) is 18.4. The summed E-state index contributed by atoms with van der Waals surface area (Å²) in [5.74, 6) is -0.403. The zero-order chi connectivity index (χ0) is 41.8. The number of ether oxygens (including phenoxy) is 2. The van der Waals surface area contributed by atoms with Gasteiger partial charge in [0.05, 0.1) is 52.7 Å². The molecule has 0 aliphatic rings. The maximum absolute atomic E-state index is 12.7. The second kappa shape index (κ2) is 37.1. The molecule has 5 unspecified atom stereocenters. The fourth-order valence-corrected chi connectivity index (χ4v) is 7.11. The van der Waals surface area contributed by atoms with Crippen LogP contribution in [0.1, 0.15) is 187 Å². The van der Waals surface area contributed by atoms with Crippen LogP contribution in [0.25, 0.3) is 0 Å². The van der Waals surface area contributed by atoms with Crippen LogP contribution in [-0.4, -0.2) is 109 Å². The van der Waals surface area contributed by atoms with Crippen LogP contribution in [0.5, 0.6) is 0 Å². The van der Waals surface area contributed by atoms with E-state index < -0.39 is 38.2 Å². The molecule has 0 rings (SSSR count). The molecule has 0 amide bonds. The molecule has 0 aliphatic carbocycles. The van der Waals surface area contributed by atoms with Gasteiger partial charge in [-0.05, 0) is 25.7 Å². The minimum Gasteiger partial charge on any atom is -0.457 e. The average Bonchev–Trinajstić information content (AvgIpc) is 3.14. The van der Waals surface area contributed by atoms with E-state index in [1.165, 1.54) is 96.0 Å². The van der Waals surface area contributed by atoms with Crippen LogP contribution in [0.4, 0.5) is 0 Å². The van der Waals surface area contributed by atoms with Crippen molar-refractivity contribution in [2.75, 3.05) is 54.1 Å². The van der Waals surface area contributed by atoms with Crippen molar-refractivity contribution in [3.05, 3.63) is 12.2 Å². The van der Waals surface area contributed by atoms with Gasteiger partial charge in [-0.25, -0.2) is 4.57 Å². The Labute approximate surface area is 343 Å². The summed E-state index contributed by atoms with van der Waals surface area (Å²) in [4.78, 5) is 22.9. The zero-order valence-electron chi connectivity index (χ0n) is 36.7. The van der Waals surface area contributed by atoms with Crippen LogP contribution in [0.2, 0.25) is 0 Å². The molecule has 0 saturated heterocycles. The predicted molar refractivity (Wildman–Crippen MR) is 228 cm³/mol. The maximum Gasteiger partial charge on any atom is 0.472 e. The molecule has 12 heteroatoms. The molecule has 11 nitrogen and oxygen atoms in total. The standard InChI is InChI=1S/C44H88NO10P/c1-6-8-10-11-12-13-14-15-16-17-18-19-20-21-25-29-36-52-38-41(39-54-56(50,51)53-37-35-45(3,4)5)55-44(49)32-28-24-22-23-27-30-40(46)33-34-43(48)42(47)31-26-9-7-2/h33-34,40-43,46-48H,6-32,35-39H2,1-5H3/p+1/b34-33+. The van der Waals surface area contributed by atoms with E-state index in [4.69, 9.17) is 18.5 Å². The van der Waals surface area contributed by atoms with Crippen LogP contribution in [0.3, 0.4) is 0 Å². The Morgan fingerprint density at radius 3 is 1.64 bits per heavy atom. The fourth-order valence-electron chi connectivity index (χ4n) is 6.37. The molecular weight excluding hydrogens is 733 g/mol. The molecule has 0 fully saturated rings. The average molecular weight is 823 g/mol. The highest BCUT2D eigenvalue weighted by atomic mass is 31.2. The Morgan fingerprint density at radius 1 is 0.607 bits per heavy atom. The molecule has 0 saturated carbocycles. The molecule has 0 aromatic carbocycles. The third kappa shape index (κ3) is 38.6. The molecule has 0 aromatic rings. The summed E-state index contributed by atoms with van der Waals surface area (Å²) in [7, 11) is 1.55. The van der Waals surface area contributed by atoms with Crippen LogP contribution < -0.4 is 0 Å². The number of unbranched alkanes of at least 4 members (excludes halogenated alkanes) is 21. The summed E-state index contributed by atoms with van der Waals surface area (Å²) >= 11 is 0. The Bertz CT molecular complexity index is 963. The van der Waals surface area contributed by atoms with Crippen LogP contribution in [-0.2, 0) is 27.9 Å². The number of phosphoric acid groups is 1. The van der Waals surface area contributed by atoms with Gasteiger partial charge in [-0.1, -0.05) is 167 Å². The quantitative estimate of drug-likeness (QED) is 0.0154. The Morgan fingerprint density at radius 2 is 1.09 bits per heavy atom. The molecule has 4 N–H and O–H groups in total. The van der Waals surface area contributed by atoms with Crippen molar-refractivity contribution >= 4 is 13.8 Å². The second-order valence-electron chi connectivity index (χ2n) is 16.9. The van der Waals surface area contributed by atoms with Crippen LogP contribution in [0.15, 0.2) is 12.2 Å². The number of hydrogen-bond acceptors (Lipinski definition) is 9. The number of aliphatic hydroxyl groups is 3. The highest BCUT2D eigenvalue weighted by Crippen LogP contribution is 2.43. The molecular formula is C44H89NO10P+. The fraction of sp³-hybridized carbons (Fsp3) is 0.932. The Balaban J connectivity index is 4.36. The minimum absolute atomic E-state index is 0.0552. The number of hydrogen-bond donors (Lipinski definition) is 4. The molecule has 0 heterocycles. The van der Waals surface area contributed by atoms with Gasteiger partial charge in [0, 0.05) is 13.0 Å². The molecule has 0 spiro atoms. The number of likely N-dealkylation sites (N-methyl/N-ethyl adjacent to an activating group) is 1. The number of carbonyl (C=O) groups excluding carboxylic acids is 1. The van der Waals surface area contributed by atoms with Crippen molar-refractivity contribution in [2.24, 2.45) is 0 Å². The van der Waals surface area contributed by atoms with E-state index in [0.29, 0.717) is 36.9 Å². The summed E-state index contributed by atoms with van der Waals surface area (Å²) in [6, 6.07) is 0. The normalized spacial score (nSPS) is 15.5. The van der Waals surface area contributed by atoms with Gasteiger partial charge in [-0.15, -0.1) is 0 Å². The number of esters is 1. The largest absolute Gasteiger partial charge is 0.472 e. The monoisotopic (exact) mass is 823 g/mol. The Hall–Kier alpha value is -0.880. The van der Waals surface area contributed by atoms with Crippen molar-refractivity contribution in [1.29, 1.82) is 0 Å². The first-order chi connectivity index (χ1) is 26.8. The first kappa shape index (κ1) is 55.1. The van der Waals surface area contributed by atoms with Crippen molar-refractivity contribution in [3.8, 4) is 0 Å². The zero-order valence-corrected chi connectivity index (χ0v) is 37.6. The van der Waals surface area contributed by atoms with Gasteiger partial charge < -0.3 is 34.2 Å². The number of carbonyl (C=O) groups is 1. The first-order valence-corrected chi connectivity index (χ1v) is 24.2. The summed E-state index contributed by atoms with van der Waals surface area (Å²) < 4.78 is 34.9. The molecule has 56 heavy (non-hydrogen) atoms. The van der Waals surface area contributed by atoms with Gasteiger partial charge in [-0.3, -0.25) is 13.8 Å². The number of aliphatic hydroxyl groups excluding tert-OH is 3. The molecule has 0 aliphatic heterocycles. The van der Waals surface area contributed by atoms with Crippen LogP contribution in [0, 0.1) is 0 Å². The lowest BCUT2D eigenvalue weighted by Gasteiger charge is -2.24. The van der Waals surface area contributed by atoms with Gasteiger partial charge in [0.2, 0.25) is 0 Å². The lowest BCUT2D eigenvalue weighted by atomic mass is 10.0. The lowest BCUT2D eigenvalue weighted by molar-refractivity contribution is -0.870. The first-order valence-electron chi connectivity index (χ1n) is 22.7. The number of quaternary nitrogens is 1. The molecule has 0 radical (unpaired) electrons. The van der Waals surface area contributed by atoms with Gasteiger partial charge in [0.1, 0.15) is 19.3 Å². The van der Waals surface area contributed by atoms with E-state index in [1.807, 2.05) is 21.1 Å². The van der Waals surface area contributed by atoms with Crippen molar-refractivity contribution in [3.63, 3.8) is 0 Å². The van der Waals surface area contributed by atoms with E-state index in [2.05, 4.69) is 13.8 Å². The third-order valence-electron chi connectivity index (χ3n) is 10.1. The van der Waals surface area contributed by atoms with E-state index in [-0.39, 0.29) is 26.2 Å². The molecule has 5 atom stereocenters. The highest BCUT2D eigenvalue weighted by molar-refractivity contribution is 7.47. The Kier molecular flexibility index (Phi) is 36.6. The maximum atomic E-state index is 12.7. The molecule has 0 bridgehead atoms. The summed E-state index contributed by atoms with van der Waals surface area (Å²) in [6.07, 6.45) is 28.8. The summed E-state index contributed by atoms with van der Waals surface area (Å²) in [5, 5.41) is 30.3. The molecule has 0 aromatic heterocycles. The summed E-state index contributed by atoms with van der Waals surface area (Å²) in [6.45, 7) is 5.24. The van der Waals surface area contributed by atoms with E-state index in [9.17, 15) is 29.6 Å². The highest BCUT2D eigenvalue weighted by Gasteiger charge is 2.26. The number of nitrogens with zero attached hydrogens (tertiary/aromatic N) is 1. The molecule has 334 valence electrons. The van der Waals surface area contributed by atoms with Gasteiger partial charge in [-0.2, -0.15) is 0 Å². The van der Waals surface area contributed by atoms with Crippen molar-refractivity contribution < 1.29 is 52.6 Å². The van der Waals surface area contributed by atoms with Gasteiger partial charge in [0.25, 0.3) is 0 Å². The smallest absolute Gasteiger partial charge is 0.457 e. The SMILES string of the molecule is CCCCCCCCCCCCCCCCCCOCC(COP(=O)(O)OCC[N+](C)(C)C)OC(=O)CCCCCCCC(O)/C=C/C(O)C(O)CCCCC. The van der Waals surface area contributed by atoms with Gasteiger partial charge in [0.15, 0.2) is 0 Å². The number of phosphoric ester groups is 1. The van der Waals surface area contributed by atoms with Gasteiger partial charge >= 0.3 is 13.8 Å². The third-order valence-corrected chi connectivity index (χ3v) is 11.1. The number of rotatable bonds is 42. The van der Waals surface area contributed by atoms with E-state index in [0.717, 1.165) is 57.8 Å². The van der Waals surface area contributed by atoms with Crippen molar-refractivity contribution in [1.82, 2.24) is 0 Å². The topological polar surface area (TPSA) is 152 Å². The van der Waals surface area contributed by atoms with Crippen molar-refractivity contribution in [2.45, 2.75) is 212 Å². The van der Waals surface area contributed by atoms with E-state index in [1.54, 1.807) is 6.08 Å². The predicted octanol–water partition coefficient (Wildman–Crippen LogP) is 9.97. The van der Waals surface area contributed by atoms with E-state index >= 15 is 0 Å². The lowest BCUT2D eigenvalue weighted by Crippen LogP contribution is -2.37. The summed E-state index contributed by atoms with van der Waals surface area (Å²) in [5.41, 5.74) is 0. The minimum atomic E-state index is -4.32.